The van der Waals surface area contributed by atoms with Crippen LogP contribution in [0.15, 0.2) is 51.2 Å². The highest BCUT2D eigenvalue weighted by molar-refractivity contribution is 14.0. The number of hydrogen-bond acceptors (Lipinski definition) is 5. The van der Waals surface area contributed by atoms with Crippen molar-refractivity contribution in [2.24, 2.45) is 12.0 Å². The number of fused-ring (bicyclic) bond motifs is 1. The van der Waals surface area contributed by atoms with E-state index in [-0.39, 0.29) is 24.0 Å². The highest BCUT2D eigenvalue weighted by Gasteiger charge is 2.11. The van der Waals surface area contributed by atoms with Crippen molar-refractivity contribution in [3.8, 4) is 0 Å². The van der Waals surface area contributed by atoms with E-state index in [1.54, 1.807) is 11.3 Å². The van der Waals surface area contributed by atoms with Gasteiger partial charge in [-0.25, -0.2) is 4.99 Å². The summed E-state index contributed by atoms with van der Waals surface area (Å²) in [5.74, 6) is 3.30. The minimum Gasteiger partial charge on any atom is -0.459 e. The fourth-order valence-electron chi connectivity index (χ4n) is 3.05. The summed E-state index contributed by atoms with van der Waals surface area (Å²) in [5, 5.41) is 18.3. The second-order valence-electron chi connectivity index (χ2n) is 6.82. The van der Waals surface area contributed by atoms with Gasteiger partial charge in [0.2, 0.25) is 0 Å². The average Bonchev–Trinajstić information content (AvgIpc) is 3.44. The van der Waals surface area contributed by atoms with Gasteiger partial charge in [-0.15, -0.1) is 45.5 Å². The zero-order chi connectivity index (χ0) is 20.2. The number of hydrogen-bond donors (Lipinski definition) is 2. The van der Waals surface area contributed by atoms with Crippen molar-refractivity contribution in [1.29, 1.82) is 0 Å². The van der Waals surface area contributed by atoms with Crippen LogP contribution in [0.5, 0.6) is 0 Å². The molecular weight excluding hydrogens is 511 g/mol. The lowest BCUT2D eigenvalue weighted by molar-refractivity contribution is 0.534. The summed E-state index contributed by atoms with van der Waals surface area (Å²) in [5.41, 5.74) is 2.05. The molecule has 2 N–H and O–H groups in total. The Morgan fingerprint density at radius 3 is 2.60 bits per heavy atom. The van der Waals surface area contributed by atoms with Gasteiger partial charge < -0.3 is 19.6 Å². The number of para-hydroxylation sites is 1. The van der Waals surface area contributed by atoms with E-state index in [1.807, 2.05) is 42.8 Å². The van der Waals surface area contributed by atoms with Crippen molar-refractivity contribution in [2.45, 2.75) is 33.5 Å². The molecule has 0 fully saturated rings. The monoisotopic (exact) mass is 536 g/mol. The summed E-state index contributed by atoms with van der Waals surface area (Å²) in [6.07, 6.45) is 0. The maximum Gasteiger partial charge on any atom is 0.192 e. The highest BCUT2D eigenvalue weighted by Crippen LogP contribution is 2.24. The smallest absolute Gasteiger partial charge is 0.192 e. The fourth-order valence-corrected chi connectivity index (χ4v) is 3.70. The average molecular weight is 536 g/mol. The maximum absolute atomic E-state index is 6.02. The van der Waals surface area contributed by atoms with Crippen molar-refractivity contribution in [3.05, 3.63) is 69.6 Å². The second kappa shape index (κ2) is 10.1. The van der Waals surface area contributed by atoms with Crippen LogP contribution in [0.1, 0.15) is 27.8 Å². The highest BCUT2D eigenvalue weighted by atomic mass is 127. The van der Waals surface area contributed by atoms with E-state index in [0.29, 0.717) is 25.6 Å². The summed E-state index contributed by atoms with van der Waals surface area (Å²) in [6, 6.07) is 12.2. The lowest BCUT2D eigenvalue weighted by Crippen LogP contribution is -2.36. The number of aliphatic imine (C=N–C) groups is 1. The number of halogens is 1. The van der Waals surface area contributed by atoms with E-state index in [0.717, 1.165) is 33.9 Å². The molecule has 0 radical (unpaired) electrons. The van der Waals surface area contributed by atoms with Crippen LogP contribution >= 0.6 is 35.3 Å². The molecule has 0 aliphatic heterocycles. The zero-order valence-electron chi connectivity index (χ0n) is 17.2. The predicted octanol–water partition coefficient (Wildman–Crippen LogP) is 4.29. The molecule has 0 unspecified atom stereocenters. The first kappa shape index (κ1) is 22.3. The molecular formula is C21H25IN6OS. The Kier molecular flexibility index (Phi) is 7.48. The quantitative estimate of drug-likeness (QED) is 0.218. The fraction of sp³-hybridized carbons (Fsp3) is 0.286. The maximum atomic E-state index is 6.02. The third kappa shape index (κ3) is 5.01. The van der Waals surface area contributed by atoms with Gasteiger partial charge in [-0.05, 0) is 31.4 Å². The molecule has 0 bridgehead atoms. The molecule has 4 rings (SSSR count). The van der Waals surface area contributed by atoms with Crippen LogP contribution in [0, 0.1) is 13.8 Å². The molecule has 0 saturated carbocycles. The molecule has 0 saturated heterocycles. The first-order valence-corrected chi connectivity index (χ1v) is 10.4. The van der Waals surface area contributed by atoms with Crippen molar-refractivity contribution < 1.29 is 4.42 Å². The van der Waals surface area contributed by atoms with E-state index >= 15 is 0 Å². The van der Waals surface area contributed by atoms with E-state index < -0.39 is 0 Å². The molecule has 0 atom stereocenters. The summed E-state index contributed by atoms with van der Waals surface area (Å²) >= 11 is 1.71. The van der Waals surface area contributed by atoms with Gasteiger partial charge in [0, 0.05) is 22.9 Å². The number of benzene rings is 1. The molecule has 30 heavy (non-hydrogen) atoms. The molecule has 7 nitrogen and oxygen atoms in total. The Balaban J connectivity index is 0.00000256. The van der Waals surface area contributed by atoms with Gasteiger partial charge in [-0.1, -0.05) is 24.3 Å². The molecule has 0 aliphatic carbocycles. The number of guanidine groups is 1. The van der Waals surface area contributed by atoms with Crippen LogP contribution in [0.2, 0.25) is 0 Å². The van der Waals surface area contributed by atoms with Crippen LogP contribution in [-0.2, 0) is 26.7 Å². The summed E-state index contributed by atoms with van der Waals surface area (Å²) in [7, 11) is 1.95. The van der Waals surface area contributed by atoms with E-state index in [1.165, 1.54) is 4.88 Å². The van der Waals surface area contributed by atoms with Crippen LogP contribution in [0.3, 0.4) is 0 Å². The molecule has 4 aromatic rings. The van der Waals surface area contributed by atoms with Crippen molar-refractivity contribution in [3.63, 3.8) is 0 Å². The number of rotatable bonds is 6. The lowest BCUT2D eigenvalue weighted by atomic mass is 10.1. The lowest BCUT2D eigenvalue weighted by Gasteiger charge is -2.11. The number of nitrogens with one attached hydrogen (secondary N) is 2. The van der Waals surface area contributed by atoms with Gasteiger partial charge in [0.1, 0.15) is 23.7 Å². The normalized spacial score (nSPS) is 11.5. The summed E-state index contributed by atoms with van der Waals surface area (Å²) in [6.45, 7) is 5.71. The van der Waals surface area contributed by atoms with Gasteiger partial charge in [0.25, 0.3) is 0 Å². The van der Waals surface area contributed by atoms with Gasteiger partial charge in [-0.3, -0.25) is 0 Å². The summed E-state index contributed by atoms with van der Waals surface area (Å²) in [4.78, 5) is 5.94. The Bertz CT molecular complexity index is 1130. The van der Waals surface area contributed by atoms with Crippen LogP contribution in [0.4, 0.5) is 0 Å². The van der Waals surface area contributed by atoms with E-state index in [2.05, 4.69) is 45.3 Å². The van der Waals surface area contributed by atoms with Gasteiger partial charge in [0.15, 0.2) is 11.8 Å². The molecule has 0 amide bonds. The number of aromatic nitrogens is 3. The Morgan fingerprint density at radius 2 is 1.90 bits per heavy atom. The Hall–Kier alpha value is -2.40. The SMILES string of the molecule is Cc1c(CNC(=NCc2nnc(C)n2C)NCc2cccs2)oc2ccccc12.I. The van der Waals surface area contributed by atoms with Crippen molar-refractivity contribution in [2.75, 3.05) is 0 Å². The van der Waals surface area contributed by atoms with Crippen LogP contribution in [-0.4, -0.2) is 20.7 Å². The Labute approximate surface area is 196 Å². The van der Waals surface area contributed by atoms with Gasteiger partial charge in [-0.2, -0.15) is 0 Å². The van der Waals surface area contributed by atoms with Crippen molar-refractivity contribution >= 4 is 52.2 Å². The van der Waals surface area contributed by atoms with E-state index in [4.69, 9.17) is 9.41 Å². The van der Waals surface area contributed by atoms with Crippen LogP contribution in [0.25, 0.3) is 11.0 Å². The molecule has 158 valence electrons. The van der Waals surface area contributed by atoms with Gasteiger partial charge in [0.05, 0.1) is 13.1 Å². The number of furan rings is 1. The number of aryl methyl sites for hydroxylation is 2. The molecule has 9 heteroatoms. The number of thiophene rings is 1. The Morgan fingerprint density at radius 1 is 1.10 bits per heavy atom. The third-order valence-electron chi connectivity index (χ3n) is 4.93. The molecule has 3 aromatic heterocycles. The van der Waals surface area contributed by atoms with E-state index in [9.17, 15) is 0 Å². The molecule has 1 aromatic carbocycles. The topological polar surface area (TPSA) is 80.3 Å². The molecule has 3 heterocycles. The second-order valence-corrected chi connectivity index (χ2v) is 7.85. The first-order chi connectivity index (χ1) is 14.1. The van der Waals surface area contributed by atoms with Gasteiger partial charge >= 0.3 is 0 Å². The first-order valence-electron chi connectivity index (χ1n) is 9.48. The standard InChI is InChI=1S/C21H24N6OS.HI/c1-14-17-8-4-5-9-18(17)28-19(14)12-23-21(22-11-16-7-6-10-29-16)24-13-20-26-25-15(2)27(20)3;/h4-10H,11-13H2,1-3H3,(H2,22,23,24);1H. The van der Waals surface area contributed by atoms with Crippen molar-refractivity contribution in [1.82, 2.24) is 25.4 Å². The number of nitrogens with zero attached hydrogens (tertiary/aromatic N) is 4. The zero-order valence-corrected chi connectivity index (χ0v) is 20.3. The molecule has 0 aliphatic rings. The van der Waals surface area contributed by atoms with Crippen LogP contribution < -0.4 is 10.6 Å². The summed E-state index contributed by atoms with van der Waals surface area (Å²) < 4.78 is 7.96. The minimum absolute atomic E-state index is 0. The predicted molar refractivity (Wildman–Crippen MR) is 131 cm³/mol. The third-order valence-corrected chi connectivity index (χ3v) is 5.81. The molecule has 0 spiro atoms. The minimum atomic E-state index is 0. The largest absolute Gasteiger partial charge is 0.459 e.